The summed E-state index contributed by atoms with van der Waals surface area (Å²) in [6.45, 7) is 2.12. The Hall–Kier alpha value is -3.60. The second kappa shape index (κ2) is 8.88. The highest BCUT2D eigenvalue weighted by Crippen LogP contribution is 2.30. The van der Waals surface area contributed by atoms with Gasteiger partial charge in [0.15, 0.2) is 5.82 Å². The van der Waals surface area contributed by atoms with E-state index in [2.05, 4.69) is 30.4 Å². The molecule has 2 N–H and O–H groups in total. The number of para-hydroxylation sites is 1. The number of nitrogens with two attached hydrogens (primary N) is 1. The van der Waals surface area contributed by atoms with Gasteiger partial charge in [0.25, 0.3) is 0 Å². The molecule has 11 heteroatoms. The zero-order valence-electron chi connectivity index (χ0n) is 18.5. The average molecular weight is 520 g/mol. The number of nitrogen functional groups attached to an aromatic ring is 1. The van der Waals surface area contributed by atoms with E-state index in [-0.39, 0.29) is 5.95 Å². The maximum Gasteiger partial charge on any atom is 0.240 e. The summed E-state index contributed by atoms with van der Waals surface area (Å²) < 4.78 is 9.90. The summed E-state index contributed by atoms with van der Waals surface area (Å²) in [5.74, 6) is 2.35. The Labute approximate surface area is 213 Å². The second-order valence-electron chi connectivity index (χ2n) is 7.85. The van der Waals surface area contributed by atoms with E-state index in [1.165, 1.54) is 0 Å². The first-order valence-corrected chi connectivity index (χ1v) is 12.8. The minimum Gasteiger partial charge on any atom is -0.470 e. The summed E-state index contributed by atoms with van der Waals surface area (Å²) in [6.07, 6.45) is 0.523. The van der Waals surface area contributed by atoms with Crippen molar-refractivity contribution in [3.05, 3.63) is 81.2 Å². The molecule has 0 radical (unpaired) electrons. The van der Waals surface area contributed by atoms with Crippen LogP contribution in [0, 0.1) is 6.92 Å². The lowest BCUT2D eigenvalue weighted by Gasteiger charge is -2.09. The molecule has 2 aromatic carbocycles. The summed E-state index contributed by atoms with van der Waals surface area (Å²) in [4.78, 5) is 18.1. The summed E-state index contributed by atoms with van der Waals surface area (Å²) in [5.41, 5.74) is 8.04. The SMILES string of the molecule is Cc1nc(OCc2nc3ccccc3s2)cc(-n2nc(N)nc2Cc2csc3ccc(Cl)cc23)n1. The Morgan fingerprint density at radius 1 is 1.03 bits per heavy atom. The number of thiophene rings is 1. The third-order valence-electron chi connectivity index (χ3n) is 5.35. The number of nitrogens with zero attached hydrogens (tertiary/aromatic N) is 6. The molecular weight excluding hydrogens is 502 g/mol. The molecule has 0 aliphatic rings. The third kappa shape index (κ3) is 4.43. The van der Waals surface area contributed by atoms with E-state index < -0.39 is 0 Å². The van der Waals surface area contributed by atoms with Gasteiger partial charge in [0.2, 0.25) is 11.8 Å². The minimum atomic E-state index is 0.172. The maximum absolute atomic E-state index is 6.23. The number of anilines is 1. The molecule has 6 aromatic rings. The molecule has 174 valence electrons. The van der Waals surface area contributed by atoms with E-state index in [4.69, 9.17) is 22.1 Å². The van der Waals surface area contributed by atoms with Gasteiger partial charge < -0.3 is 10.5 Å². The smallest absolute Gasteiger partial charge is 0.240 e. The van der Waals surface area contributed by atoms with Crippen molar-refractivity contribution in [2.24, 2.45) is 0 Å². The molecule has 0 spiro atoms. The number of rotatable bonds is 6. The van der Waals surface area contributed by atoms with Gasteiger partial charge in [-0.25, -0.2) is 9.97 Å². The Morgan fingerprint density at radius 3 is 2.80 bits per heavy atom. The lowest BCUT2D eigenvalue weighted by molar-refractivity contribution is 0.292. The molecule has 4 heterocycles. The molecule has 0 saturated carbocycles. The van der Waals surface area contributed by atoms with Crippen molar-refractivity contribution in [1.82, 2.24) is 29.7 Å². The summed E-state index contributed by atoms with van der Waals surface area (Å²) in [6, 6.07) is 15.6. The van der Waals surface area contributed by atoms with E-state index in [0.717, 1.165) is 30.9 Å². The van der Waals surface area contributed by atoms with Crippen LogP contribution in [0.3, 0.4) is 0 Å². The van der Waals surface area contributed by atoms with Gasteiger partial charge in [0.05, 0.1) is 10.2 Å². The van der Waals surface area contributed by atoms with Crippen molar-refractivity contribution >= 4 is 60.5 Å². The quantitative estimate of drug-likeness (QED) is 0.305. The monoisotopic (exact) mass is 519 g/mol. The first-order chi connectivity index (χ1) is 17.0. The van der Waals surface area contributed by atoms with Gasteiger partial charge in [0.1, 0.15) is 23.3 Å². The number of halogens is 1. The van der Waals surface area contributed by atoms with Crippen LogP contribution in [0.1, 0.15) is 22.2 Å². The van der Waals surface area contributed by atoms with Crippen LogP contribution in [-0.2, 0) is 13.0 Å². The number of hydrogen-bond acceptors (Lipinski definition) is 9. The number of benzene rings is 2. The fourth-order valence-corrected chi connectivity index (χ4v) is 5.84. The molecule has 0 aliphatic carbocycles. The van der Waals surface area contributed by atoms with E-state index >= 15 is 0 Å². The van der Waals surface area contributed by atoms with Gasteiger partial charge in [-0.15, -0.1) is 27.8 Å². The van der Waals surface area contributed by atoms with E-state index in [9.17, 15) is 0 Å². The van der Waals surface area contributed by atoms with E-state index in [1.807, 2.05) is 49.4 Å². The Balaban J connectivity index is 1.29. The first-order valence-electron chi connectivity index (χ1n) is 10.7. The van der Waals surface area contributed by atoms with Crippen molar-refractivity contribution in [2.75, 3.05) is 5.73 Å². The van der Waals surface area contributed by atoms with Crippen LogP contribution in [0.2, 0.25) is 5.02 Å². The van der Waals surface area contributed by atoms with Gasteiger partial charge in [-0.2, -0.15) is 14.6 Å². The van der Waals surface area contributed by atoms with Gasteiger partial charge in [0, 0.05) is 22.2 Å². The Bertz CT molecular complexity index is 1660. The fraction of sp³-hybridized carbons (Fsp3) is 0.125. The van der Waals surface area contributed by atoms with Crippen molar-refractivity contribution < 1.29 is 4.74 Å². The fourth-order valence-electron chi connectivity index (χ4n) is 3.85. The predicted octanol–water partition coefficient (Wildman–Crippen LogP) is 5.60. The van der Waals surface area contributed by atoms with Crippen LogP contribution in [0.25, 0.3) is 26.1 Å². The second-order valence-corrected chi connectivity index (χ2v) is 10.3. The third-order valence-corrected chi connectivity index (χ3v) is 7.61. The number of ether oxygens (including phenoxy) is 1. The van der Waals surface area contributed by atoms with Gasteiger partial charge in [-0.05, 0) is 53.6 Å². The van der Waals surface area contributed by atoms with Crippen molar-refractivity contribution in [3.63, 3.8) is 0 Å². The molecule has 4 aromatic heterocycles. The molecule has 8 nitrogen and oxygen atoms in total. The van der Waals surface area contributed by atoms with Crippen molar-refractivity contribution in [3.8, 4) is 11.7 Å². The highest BCUT2D eigenvalue weighted by Gasteiger charge is 2.16. The number of aryl methyl sites for hydroxylation is 1. The summed E-state index contributed by atoms with van der Waals surface area (Å²) in [7, 11) is 0. The first kappa shape index (κ1) is 21.9. The molecule has 0 amide bonds. The summed E-state index contributed by atoms with van der Waals surface area (Å²) >= 11 is 9.49. The van der Waals surface area contributed by atoms with Crippen LogP contribution < -0.4 is 10.5 Å². The lowest BCUT2D eigenvalue weighted by Crippen LogP contribution is -2.09. The Morgan fingerprint density at radius 2 is 1.91 bits per heavy atom. The van der Waals surface area contributed by atoms with Crippen LogP contribution in [0.15, 0.2) is 53.9 Å². The lowest BCUT2D eigenvalue weighted by atomic mass is 10.1. The predicted molar refractivity (Wildman–Crippen MR) is 140 cm³/mol. The average Bonchev–Trinajstić information content (AvgIpc) is 3.54. The molecule has 0 bridgehead atoms. The topological polar surface area (TPSA) is 105 Å². The standard InChI is InChI=1S/C24H18ClN7OS2/c1-13-27-21(10-22(28-13)33-11-23-29-17-4-2-3-5-19(17)35-23)32-20(30-24(26)31-32)8-14-12-34-18-7-6-15(25)9-16(14)18/h2-7,9-10,12H,8,11H2,1H3,(H2,26,31). The molecular formula is C24H18ClN7OS2. The van der Waals surface area contributed by atoms with E-state index in [1.54, 1.807) is 33.4 Å². The number of thiazole rings is 1. The molecule has 0 saturated heterocycles. The van der Waals surface area contributed by atoms with E-state index in [0.29, 0.717) is 41.4 Å². The van der Waals surface area contributed by atoms with Crippen molar-refractivity contribution in [1.29, 1.82) is 0 Å². The number of aromatic nitrogens is 6. The van der Waals surface area contributed by atoms with Gasteiger partial charge >= 0.3 is 0 Å². The summed E-state index contributed by atoms with van der Waals surface area (Å²) in [5, 5.41) is 9.16. The molecule has 35 heavy (non-hydrogen) atoms. The highest BCUT2D eigenvalue weighted by molar-refractivity contribution is 7.18. The van der Waals surface area contributed by atoms with Crippen LogP contribution in [0.5, 0.6) is 5.88 Å². The Kier molecular flexibility index (Phi) is 5.56. The molecule has 0 unspecified atom stereocenters. The minimum absolute atomic E-state index is 0.172. The zero-order valence-corrected chi connectivity index (χ0v) is 20.9. The van der Waals surface area contributed by atoms with Crippen molar-refractivity contribution in [2.45, 2.75) is 20.0 Å². The van der Waals surface area contributed by atoms with Gasteiger partial charge in [-0.3, -0.25) is 0 Å². The normalized spacial score (nSPS) is 11.5. The molecule has 0 aliphatic heterocycles. The van der Waals surface area contributed by atoms with Crippen LogP contribution >= 0.6 is 34.3 Å². The molecule has 0 fully saturated rings. The zero-order chi connectivity index (χ0) is 23.9. The van der Waals surface area contributed by atoms with Gasteiger partial charge in [-0.1, -0.05) is 23.7 Å². The largest absolute Gasteiger partial charge is 0.470 e. The maximum atomic E-state index is 6.23. The van der Waals surface area contributed by atoms with Crippen LogP contribution in [-0.4, -0.2) is 29.7 Å². The molecule has 0 atom stereocenters. The highest BCUT2D eigenvalue weighted by atomic mass is 35.5. The molecule has 6 rings (SSSR count). The number of hydrogen-bond donors (Lipinski definition) is 1. The number of fused-ring (bicyclic) bond motifs is 2. The van der Waals surface area contributed by atoms with Crippen LogP contribution in [0.4, 0.5) is 5.95 Å².